The summed E-state index contributed by atoms with van der Waals surface area (Å²) < 4.78 is 20.6. The summed E-state index contributed by atoms with van der Waals surface area (Å²) in [5.41, 5.74) is 0.477. The van der Waals surface area contributed by atoms with Crippen molar-refractivity contribution in [1.29, 1.82) is 0 Å². The van der Waals surface area contributed by atoms with Gasteiger partial charge in [0, 0.05) is 6.04 Å². The highest BCUT2D eigenvalue weighted by Gasteiger charge is 2.37. The van der Waals surface area contributed by atoms with Gasteiger partial charge in [-0.1, -0.05) is 0 Å². The third-order valence-corrected chi connectivity index (χ3v) is 3.51. The van der Waals surface area contributed by atoms with Crippen molar-refractivity contribution in [2.24, 2.45) is 0 Å². The monoisotopic (exact) mass is 292 g/mol. The number of benzene rings is 1. The van der Waals surface area contributed by atoms with Crippen LogP contribution in [0.3, 0.4) is 0 Å². The number of hydrogen-bond acceptors (Lipinski definition) is 3. The number of esters is 1. The number of ether oxygens (including phenoxy) is 1. The molecule has 0 unspecified atom stereocenters. The predicted molar refractivity (Wildman–Crippen MR) is 79.7 cm³/mol. The molecule has 1 heterocycles. The highest BCUT2D eigenvalue weighted by atomic mass is 19.1. The van der Waals surface area contributed by atoms with E-state index < -0.39 is 5.41 Å². The molecule has 2 aromatic rings. The van der Waals surface area contributed by atoms with E-state index in [4.69, 9.17) is 4.74 Å². The smallest absolute Gasteiger partial charge is 0.319 e. The molecule has 0 aliphatic heterocycles. The van der Waals surface area contributed by atoms with Crippen LogP contribution in [-0.2, 0) is 14.9 Å². The van der Waals surface area contributed by atoms with E-state index in [-0.39, 0.29) is 17.8 Å². The van der Waals surface area contributed by atoms with Gasteiger partial charge in [0.15, 0.2) is 0 Å². The van der Waals surface area contributed by atoms with Crippen LogP contribution in [0.5, 0.6) is 0 Å². The Balaban J connectivity index is 2.68. The number of fused-ring (bicyclic) bond motifs is 1. The quantitative estimate of drug-likeness (QED) is 0.809. The maximum Gasteiger partial charge on any atom is 0.319 e. The van der Waals surface area contributed by atoms with Crippen LogP contribution < -0.4 is 0 Å². The lowest BCUT2D eigenvalue weighted by Gasteiger charge is -2.24. The standard InChI is InChI=1S/C16H21FN2O2/c1-6-21-15(20)16(4,5)14-18-12-8-7-11(17)9-13(12)19(14)10(2)3/h7-10H,6H2,1-5H3. The van der Waals surface area contributed by atoms with Crippen LogP contribution in [0, 0.1) is 5.82 Å². The van der Waals surface area contributed by atoms with Crippen LogP contribution in [0.4, 0.5) is 4.39 Å². The van der Waals surface area contributed by atoms with Gasteiger partial charge in [0.25, 0.3) is 0 Å². The van der Waals surface area contributed by atoms with Crippen LogP contribution in [0.2, 0.25) is 0 Å². The van der Waals surface area contributed by atoms with E-state index >= 15 is 0 Å². The van der Waals surface area contributed by atoms with E-state index in [0.717, 1.165) is 0 Å². The highest BCUT2D eigenvalue weighted by molar-refractivity contribution is 5.84. The molecule has 5 heteroatoms. The molecule has 0 aliphatic rings. The summed E-state index contributed by atoms with van der Waals surface area (Å²) in [6, 6.07) is 4.52. The molecule has 1 aromatic heterocycles. The normalized spacial score (nSPS) is 12.1. The third-order valence-electron chi connectivity index (χ3n) is 3.51. The molecule has 114 valence electrons. The van der Waals surface area contributed by atoms with Gasteiger partial charge >= 0.3 is 5.97 Å². The summed E-state index contributed by atoms with van der Waals surface area (Å²) in [6.07, 6.45) is 0. The zero-order chi connectivity index (χ0) is 15.8. The molecular weight excluding hydrogens is 271 g/mol. The Morgan fingerprint density at radius 3 is 2.67 bits per heavy atom. The van der Waals surface area contributed by atoms with Gasteiger partial charge in [-0.15, -0.1) is 0 Å². The minimum Gasteiger partial charge on any atom is -0.465 e. The fraction of sp³-hybridized carbons (Fsp3) is 0.500. The van der Waals surface area contributed by atoms with Crippen molar-refractivity contribution >= 4 is 17.0 Å². The molecule has 4 nitrogen and oxygen atoms in total. The first-order chi connectivity index (χ1) is 9.78. The number of nitrogens with zero attached hydrogens (tertiary/aromatic N) is 2. The van der Waals surface area contributed by atoms with Crippen LogP contribution in [0.15, 0.2) is 18.2 Å². The summed E-state index contributed by atoms with van der Waals surface area (Å²) >= 11 is 0. The molecule has 0 amide bonds. The van der Waals surface area contributed by atoms with Crippen molar-refractivity contribution in [3.63, 3.8) is 0 Å². The first kappa shape index (κ1) is 15.5. The molecular formula is C16H21FN2O2. The van der Waals surface area contributed by atoms with Crippen molar-refractivity contribution in [1.82, 2.24) is 9.55 Å². The second-order valence-corrected chi connectivity index (χ2v) is 5.88. The Labute approximate surface area is 123 Å². The zero-order valence-electron chi connectivity index (χ0n) is 13.1. The van der Waals surface area contributed by atoms with Crippen LogP contribution in [0.1, 0.15) is 46.5 Å². The fourth-order valence-corrected chi connectivity index (χ4v) is 2.43. The van der Waals surface area contributed by atoms with Gasteiger partial charge in [-0.3, -0.25) is 4.79 Å². The largest absolute Gasteiger partial charge is 0.465 e. The van der Waals surface area contributed by atoms with Gasteiger partial charge < -0.3 is 9.30 Å². The first-order valence-electron chi connectivity index (χ1n) is 7.14. The van der Waals surface area contributed by atoms with Crippen LogP contribution in [0.25, 0.3) is 11.0 Å². The van der Waals surface area contributed by atoms with Gasteiger partial charge in [-0.05, 0) is 52.8 Å². The lowest BCUT2D eigenvalue weighted by Crippen LogP contribution is -2.34. The number of imidazole rings is 1. The van der Waals surface area contributed by atoms with Crippen molar-refractivity contribution in [3.8, 4) is 0 Å². The Morgan fingerprint density at radius 1 is 1.43 bits per heavy atom. The summed E-state index contributed by atoms with van der Waals surface area (Å²) in [5.74, 6) is -0.0518. The molecule has 0 fully saturated rings. The number of carbonyl (C=O) groups excluding carboxylic acids is 1. The third kappa shape index (κ3) is 2.64. The Bertz CT molecular complexity index is 674. The average molecular weight is 292 g/mol. The Kier molecular flexibility index (Phi) is 4.03. The lowest BCUT2D eigenvalue weighted by molar-refractivity contribution is -0.149. The first-order valence-corrected chi connectivity index (χ1v) is 7.14. The molecule has 0 N–H and O–H groups in total. The molecule has 0 spiro atoms. The molecule has 1 aromatic carbocycles. The minimum absolute atomic E-state index is 0.0560. The van der Waals surface area contributed by atoms with Gasteiger partial charge in [0.1, 0.15) is 17.1 Å². The number of aromatic nitrogens is 2. The maximum atomic E-state index is 13.5. The van der Waals surface area contributed by atoms with Gasteiger partial charge in [-0.2, -0.15) is 0 Å². The Morgan fingerprint density at radius 2 is 2.10 bits per heavy atom. The molecule has 0 atom stereocenters. The summed E-state index contributed by atoms with van der Waals surface area (Å²) in [7, 11) is 0. The topological polar surface area (TPSA) is 44.1 Å². The summed E-state index contributed by atoms with van der Waals surface area (Å²) in [4.78, 5) is 16.8. The van der Waals surface area contributed by atoms with E-state index in [1.54, 1.807) is 26.8 Å². The van der Waals surface area contributed by atoms with E-state index in [1.165, 1.54) is 12.1 Å². The van der Waals surface area contributed by atoms with Crippen molar-refractivity contribution in [2.45, 2.75) is 46.1 Å². The molecule has 0 radical (unpaired) electrons. The van der Waals surface area contributed by atoms with Gasteiger partial charge in [0.2, 0.25) is 0 Å². The van der Waals surface area contributed by atoms with E-state index in [9.17, 15) is 9.18 Å². The second kappa shape index (κ2) is 5.47. The second-order valence-electron chi connectivity index (χ2n) is 5.88. The lowest BCUT2D eigenvalue weighted by atomic mass is 9.92. The van der Waals surface area contributed by atoms with E-state index in [1.807, 2.05) is 18.4 Å². The summed E-state index contributed by atoms with van der Waals surface area (Å²) in [6.45, 7) is 9.62. The van der Waals surface area contributed by atoms with E-state index in [2.05, 4.69) is 4.98 Å². The van der Waals surface area contributed by atoms with Crippen molar-refractivity contribution in [2.75, 3.05) is 6.61 Å². The average Bonchev–Trinajstić information content (AvgIpc) is 2.78. The van der Waals surface area contributed by atoms with Crippen molar-refractivity contribution in [3.05, 3.63) is 29.8 Å². The maximum absolute atomic E-state index is 13.5. The van der Waals surface area contributed by atoms with Crippen molar-refractivity contribution < 1.29 is 13.9 Å². The molecule has 2 rings (SSSR count). The van der Waals surface area contributed by atoms with Crippen LogP contribution >= 0.6 is 0 Å². The van der Waals surface area contributed by atoms with Gasteiger partial charge in [-0.25, -0.2) is 9.37 Å². The number of carbonyl (C=O) groups is 1. The van der Waals surface area contributed by atoms with Crippen LogP contribution in [-0.4, -0.2) is 22.1 Å². The summed E-state index contributed by atoms with van der Waals surface area (Å²) in [5, 5.41) is 0. The molecule has 0 bridgehead atoms. The number of rotatable bonds is 4. The fourth-order valence-electron chi connectivity index (χ4n) is 2.43. The molecule has 0 aliphatic carbocycles. The zero-order valence-corrected chi connectivity index (χ0v) is 13.1. The number of hydrogen-bond donors (Lipinski definition) is 0. The highest BCUT2D eigenvalue weighted by Crippen LogP contribution is 2.31. The molecule has 21 heavy (non-hydrogen) atoms. The molecule has 0 saturated heterocycles. The predicted octanol–water partition coefficient (Wildman–Crippen LogP) is 3.60. The minimum atomic E-state index is -0.893. The number of halogens is 1. The van der Waals surface area contributed by atoms with E-state index in [0.29, 0.717) is 23.5 Å². The van der Waals surface area contributed by atoms with Gasteiger partial charge in [0.05, 0.1) is 17.6 Å². The Hall–Kier alpha value is -1.91. The molecule has 0 saturated carbocycles. The SMILES string of the molecule is CCOC(=O)C(C)(C)c1nc2ccc(F)cc2n1C(C)C.